The van der Waals surface area contributed by atoms with Gasteiger partial charge in [0, 0.05) is 5.39 Å². The molecule has 1 N–H and O–H groups in total. The summed E-state index contributed by atoms with van der Waals surface area (Å²) in [6.45, 7) is 2.02. The van der Waals surface area contributed by atoms with Crippen molar-refractivity contribution in [3.63, 3.8) is 0 Å². The molecule has 84 valence electrons. The Kier molecular flexibility index (Phi) is 2.18. The summed E-state index contributed by atoms with van der Waals surface area (Å²) >= 11 is 0. The SMILES string of the molecule is Cc1cc2cn[nH]c2cc1-c1cccc(F)c1. The van der Waals surface area contributed by atoms with E-state index >= 15 is 0 Å². The zero-order valence-electron chi connectivity index (χ0n) is 9.37. The molecule has 3 rings (SSSR count). The Morgan fingerprint density at radius 3 is 2.88 bits per heavy atom. The number of fused-ring (bicyclic) bond motifs is 1. The van der Waals surface area contributed by atoms with Crippen molar-refractivity contribution in [2.45, 2.75) is 6.92 Å². The molecular weight excluding hydrogens is 215 g/mol. The van der Waals surface area contributed by atoms with E-state index in [0.29, 0.717) is 0 Å². The zero-order chi connectivity index (χ0) is 11.8. The average molecular weight is 226 g/mol. The summed E-state index contributed by atoms with van der Waals surface area (Å²) < 4.78 is 13.2. The van der Waals surface area contributed by atoms with Crippen LogP contribution in [0.25, 0.3) is 22.0 Å². The minimum Gasteiger partial charge on any atom is -0.278 e. The Hall–Kier alpha value is -2.16. The third-order valence-electron chi connectivity index (χ3n) is 2.92. The normalized spacial score (nSPS) is 10.9. The molecule has 0 amide bonds. The van der Waals surface area contributed by atoms with Crippen LogP contribution in [0.2, 0.25) is 0 Å². The number of hydrogen-bond donors (Lipinski definition) is 1. The van der Waals surface area contributed by atoms with Gasteiger partial charge < -0.3 is 0 Å². The first-order valence-electron chi connectivity index (χ1n) is 5.44. The van der Waals surface area contributed by atoms with Gasteiger partial charge in [0.1, 0.15) is 5.82 Å². The molecule has 3 aromatic rings. The van der Waals surface area contributed by atoms with Gasteiger partial charge in [0.25, 0.3) is 0 Å². The molecule has 0 fully saturated rings. The molecular formula is C14H11FN2. The number of rotatable bonds is 1. The van der Waals surface area contributed by atoms with E-state index in [4.69, 9.17) is 0 Å². The van der Waals surface area contributed by atoms with Crippen molar-refractivity contribution < 1.29 is 4.39 Å². The number of aromatic amines is 1. The molecule has 2 aromatic carbocycles. The summed E-state index contributed by atoms with van der Waals surface area (Å²) in [4.78, 5) is 0. The summed E-state index contributed by atoms with van der Waals surface area (Å²) in [5.41, 5.74) is 4.00. The third-order valence-corrected chi connectivity index (χ3v) is 2.92. The van der Waals surface area contributed by atoms with Crippen LogP contribution in [-0.4, -0.2) is 10.2 Å². The second-order valence-corrected chi connectivity index (χ2v) is 4.13. The van der Waals surface area contributed by atoms with Crippen molar-refractivity contribution in [1.29, 1.82) is 0 Å². The van der Waals surface area contributed by atoms with Crippen molar-refractivity contribution in [2.24, 2.45) is 0 Å². The zero-order valence-corrected chi connectivity index (χ0v) is 9.37. The van der Waals surface area contributed by atoms with E-state index in [1.165, 1.54) is 6.07 Å². The molecule has 0 saturated carbocycles. The molecule has 0 saturated heterocycles. The molecule has 0 atom stereocenters. The summed E-state index contributed by atoms with van der Waals surface area (Å²) in [5, 5.41) is 8.00. The maximum absolute atomic E-state index is 13.2. The second-order valence-electron chi connectivity index (χ2n) is 4.13. The fourth-order valence-electron chi connectivity index (χ4n) is 2.07. The minimum absolute atomic E-state index is 0.216. The van der Waals surface area contributed by atoms with Crippen LogP contribution in [0.15, 0.2) is 42.6 Å². The average Bonchev–Trinajstić information content (AvgIpc) is 2.75. The first-order valence-corrected chi connectivity index (χ1v) is 5.44. The van der Waals surface area contributed by atoms with Crippen LogP contribution in [0.5, 0.6) is 0 Å². The Bertz CT molecular complexity index is 686. The molecule has 0 unspecified atom stereocenters. The van der Waals surface area contributed by atoms with Gasteiger partial charge in [0.05, 0.1) is 11.7 Å². The highest BCUT2D eigenvalue weighted by molar-refractivity contribution is 5.85. The maximum atomic E-state index is 13.2. The van der Waals surface area contributed by atoms with Crippen molar-refractivity contribution >= 4 is 10.9 Å². The Morgan fingerprint density at radius 1 is 1.18 bits per heavy atom. The number of halogens is 1. The monoisotopic (exact) mass is 226 g/mol. The van der Waals surface area contributed by atoms with Crippen molar-refractivity contribution in [3.05, 3.63) is 54.0 Å². The maximum Gasteiger partial charge on any atom is 0.123 e. The molecule has 0 aliphatic rings. The summed E-state index contributed by atoms with van der Waals surface area (Å²) in [5.74, 6) is -0.216. The van der Waals surface area contributed by atoms with Gasteiger partial charge in [-0.3, -0.25) is 5.10 Å². The van der Waals surface area contributed by atoms with Crippen LogP contribution >= 0.6 is 0 Å². The minimum atomic E-state index is -0.216. The summed E-state index contributed by atoms with van der Waals surface area (Å²) in [6.07, 6.45) is 1.79. The van der Waals surface area contributed by atoms with Crippen LogP contribution < -0.4 is 0 Å². The number of aryl methyl sites for hydroxylation is 1. The van der Waals surface area contributed by atoms with Crippen LogP contribution in [0.3, 0.4) is 0 Å². The fraction of sp³-hybridized carbons (Fsp3) is 0.0714. The smallest absolute Gasteiger partial charge is 0.123 e. The number of nitrogens with one attached hydrogen (secondary N) is 1. The number of aromatic nitrogens is 2. The standard InChI is InChI=1S/C14H11FN2/c1-9-5-11-8-16-17-14(11)7-13(9)10-3-2-4-12(15)6-10/h2-8H,1H3,(H,16,17). The van der Waals surface area contributed by atoms with Crippen LogP contribution in [-0.2, 0) is 0 Å². The molecule has 0 radical (unpaired) electrons. The van der Waals surface area contributed by atoms with E-state index in [9.17, 15) is 4.39 Å². The van der Waals surface area contributed by atoms with Crippen LogP contribution in [0, 0.1) is 12.7 Å². The highest BCUT2D eigenvalue weighted by Gasteiger charge is 2.06. The van der Waals surface area contributed by atoms with Gasteiger partial charge in [0.15, 0.2) is 0 Å². The molecule has 0 spiro atoms. The molecule has 2 nitrogen and oxygen atoms in total. The molecule has 0 aliphatic heterocycles. The first-order chi connectivity index (χ1) is 8.24. The summed E-state index contributed by atoms with van der Waals surface area (Å²) in [7, 11) is 0. The van der Waals surface area contributed by atoms with Crippen molar-refractivity contribution in [3.8, 4) is 11.1 Å². The number of H-pyrrole nitrogens is 1. The molecule has 3 heteroatoms. The lowest BCUT2D eigenvalue weighted by Crippen LogP contribution is -1.85. The fourth-order valence-corrected chi connectivity index (χ4v) is 2.07. The van der Waals surface area contributed by atoms with Gasteiger partial charge >= 0.3 is 0 Å². The van der Waals surface area contributed by atoms with Gasteiger partial charge in [0.2, 0.25) is 0 Å². The molecule has 17 heavy (non-hydrogen) atoms. The Morgan fingerprint density at radius 2 is 2.06 bits per heavy atom. The molecule has 1 heterocycles. The van der Waals surface area contributed by atoms with E-state index in [1.54, 1.807) is 18.3 Å². The predicted octanol–water partition coefficient (Wildman–Crippen LogP) is 3.68. The third kappa shape index (κ3) is 1.69. The van der Waals surface area contributed by atoms with Crippen LogP contribution in [0.1, 0.15) is 5.56 Å². The number of hydrogen-bond acceptors (Lipinski definition) is 1. The van der Waals surface area contributed by atoms with E-state index in [1.807, 2.05) is 19.1 Å². The van der Waals surface area contributed by atoms with Gasteiger partial charge in [-0.2, -0.15) is 5.10 Å². The molecule has 1 aromatic heterocycles. The van der Waals surface area contributed by atoms with E-state index in [2.05, 4.69) is 16.3 Å². The Balaban J connectivity index is 2.25. The van der Waals surface area contributed by atoms with Gasteiger partial charge in [-0.25, -0.2) is 4.39 Å². The number of nitrogens with zero attached hydrogens (tertiary/aromatic N) is 1. The van der Waals surface area contributed by atoms with E-state index < -0.39 is 0 Å². The number of benzene rings is 2. The lowest BCUT2D eigenvalue weighted by atomic mass is 9.99. The molecule has 0 aliphatic carbocycles. The quantitative estimate of drug-likeness (QED) is 0.673. The largest absolute Gasteiger partial charge is 0.278 e. The first kappa shape index (κ1) is 10.0. The van der Waals surface area contributed by atoms with Crippen molar-refractivity contribution in [2.75, 3.05) is 0 Å². The topological polar surface area (TPSA) is 28.7 Å². The lowest BCUT2D eigenvalue weighted by Gasteiger charge is -2.06. The van der Waals surface area contributed by atoms with E-state index in [0.717, 1.165) is 27.6 Å². The van der Waals surface area contributed by atoms with Gasteiger partial charge in [-0.15, -0.1) is 0 Å². The highest BCUT2D eigenvalue weighted by atomic mass is 19.1. The molecule has 0 bridgehead atoms. The highest BCUT2D eigenvalue weighted by Crippen LogP contribution is 2.27. The lowest BCUT2D eigenvalue weighted by molar-refractivity contribution is 0.628. The van der Waals surface area contributed by atoms with Crippen molar-refractivity contribution in [1.82, 2.24) is 10.2 Å². The second kappa shape index (κ2) is 3.70. The summed E-state index contributed by atoms with van der Waals surface area (Å²) in [6, 6.07) is 10.7. The predicted molar refractivity (Wildman–Crippen MR) is 66.2 cm³/mol. The van der Waals surface area contributed by atoms with E-state index in [-0.39, 0.29) is 5.82 Å². The Labute approximate surface area is 98.1 Å². The van der Waals surface area contributed by atoms with Gasteiger partial charge in [-0.05, 0) is 47.9 Å². The van der Waals surface area contributed by atoms with Crippen LogP contribution in [0.4, 0.5) is 4.39 Å². The van der Waals surface area contributed by atoms with Gasteiger partial charge in [-0.1, -0.05) is 12.1 Å².